The van der Waals surface area contributed by atoms with Gasteiger partial charge in [-0.05, 0) is 32.6 Å². The molecule has 12 heteroatoms. The third-order valence-corrected chi connectivity index (χ3v) is 3.74. The van der Waals surface area contributed by atoms with Gasteiger partial charge < -0.3 is 39.7 Å². The smallest absolute Gasteiger partial charge is 0.550 e. The van der Waals surface area contributed by atoms with Crippen molar-refractivity contribution in [3.8, 4) is 0 Å². The molecule has 0 saturated carbocycles. The summed E-state index contributed by atoms with van der Waals surface area (Å²) in [6.07, 6.45) is 2.68. The van der Waals surface area contributed by atoms with Gasteiger partial charge in [-0.1, -0.05) is 12.2 Å². The minimum absolute atomic E-state index is 0. The van der Waals surface area contributed by atoms with E-state index in [-0.39, 0.29) is 102 Å². The Morgan fingerprint density at radius 1 is 0.793 bits per heavy atom. The van der Waals surface area contributed by atoms with Crippen LogP contribution in [0, 0.1) is 0 Å². The molecular weight excluding hydrogens is 365 g/mol. The summed E-state index contributed by atoms with van der Waals surface area (Å²) in [6.45, 7) is 3.14. The van der Waals surface area contributed by atoms with E-state index in [1.807, 2.05) is 6.92 Å². The van der Waals surface area contributed by atoms with Crippen LogP contribution < -0.4 is 71.9 Å². The van der Waals surface area contributed by atoms with Gasteiger partial charge in [-0.15, -0.1) is 0 Å². The minimum atomic E-state index is -1.24. The van der Waals surface area contributed by atoms with Gasteiger partial charge in [-0.2, -0.15) is 0 Å². The van der Waals surface area contributed by atoms with Crippen LogP contribution in [0.15, 0.2) is 12.2 Å². The molecule has 0 rings (SSSR count). The molecule has 0 spiro atoms. The Morgan fingerprint density at radius 3 is 1.55 bits per heavy atom. The number of nitrogens with zero attached hydrogens (tertiary/aromatic N) is 2. The molecule has 0 saturated heterocycles. The second kappa shape index (κ2) is 22.5. The van der Waals surface area contributed by atoms with Crippen molar-refractivity contribution in [1.29, 1.82) is 0 Å². The average Bonchev–Trinajstić information content (AvgIpc) is 2.56. The Morgan fingerprint density at radius 2 is 1.17 bits per heavy atom. The topological polar surface area (TPSA) is 147 Å². The summed E-state index contributed by atoms with van der Waals surface area (Å²) in [5, 5.41) is 41.9. The molecule has 0 heterocycles. The summed E-state index contributed by atoms with van der Waals surface area (Å²) < 4.78 is 0. The molecule has 0 bridgehead atoms. The van der Waals surface area contributed by atoms with E-state index >= 15 is 0 Å². The van der Waals surface area contributed by atoms with E-state index in [0.717, 1.165) is 0 Å². The molecule has 9 nitrogen and oxygen atoms in total. The zero-order chi connectivity index (χ0) is 19.9. The largest absolute Gasteiger partial charge is 1.00 e. The Hall–Kier alpha value is -0.178. The van der Waals surface area contributed by atoms with E-state index in [9.17, 15) is 34.8 Å². The minimum Gasteiger partial charge on any atom is -0.550 e. The van der Waals surface area contributed by atoms with Crippen LogP contribution in [0.2, 0.25) is 0 Å². The van der Waals surface area contributed by atoms with Crippen LogP contribution in [0.25, 0.3) is 0 Å². The molecule has 0 aliphatic carbocycles. The van der Waals surface area contributed by atoms with Crippen molar-refractivity contribution >= 4 is 17.9 Å². The number of carbonyl (C=O) groups is 3. The number of carboxylic acid groups (broad SMARTS) is 3. The maximum absolute atomic E-state index is 10.7. The number of carboxylic acids is 3. The molecule has 0 aliphatic heterocycles. The third-order valence-electron chi connectivity index (χ3n) is 3.74. The van der Waals surface area contributed by atoms with Crippen LogP contribution >= 0.6 is 0 Å². The predicted octanol–water partition coefficient (Wildman–Crippen LogP) is -12.7. The Balaban J connectivity index is -0.00000104. The van der Waals surface area contributed by atoms with Crippen LogP contribution in [0.4, 0.5) is 0 Å². The maximum Gasteiger partial charge on any atom is 1.00 e. The number of rotatable bonds is 16. The van der Waals surface area contributed by atoms with Gasteiger partial charge in [-0.3, -0.25) is 4.90 Å². The van der Waals surface area contributed by atoms with Crippen LogP contribution in [0.3, 0.4) is 0 Å². The first-order valence-electron chi connectivity index (χ1n) is 8.58. The summed E-state index contributed by atoms with van der Waals surface area (Å²) >= 11 is 0. The van der Waals surface area contributed by atoms with E-state index in [0.29, 0.717) is 19.5 Å². The summed E-state index contributed by atoms with van der Waals surface area (Å²) in [5.41, 5.74) is 0. The Bertz CT molecular complexity index is 464. The van der Waals surface area contributed by atoms with Crippen molar-refractivity contribution in [3.05, 3.63) is 12.2 Å². The molecule has 1 atom stereocenters. The Kier molecular flexibility index (Phi) is 28.1. The average molecular weight is 392 g/mol. The fraction of sp³-hybridized carbons (Fsp3) is 0.706. The number of aliphatic hydroxyl groups is 1. The number of hydrogen-bond donors (Lipinski definition) is 1. The third kappa shape index (κ3) is 24.0. The standard InChI is InChI=1S/C17H30N2O7.3Li/c1-2-3-4-14(20)13-19(10-7-17(25)26)12-11-18(8-5-15(21)22)9-6-16(23)24;;;/h2-3,14,20H,4-13H2,1H3,(H,21,22)(H,23,24)(H,25,26);;;/q;3*+1/p-3/b3-2+;;;. The van der Waals surface area contributed by atoms with Crippen molar-refractivity contribution < 1.29 is 91.4 Å². The summed E-state index contributed by atoms with van der Waals surface area (Å²) in [4.78, 5) is 35.3. The molecule has 0 aliphatic rings. The maximum atomic E-state index is 10.7. The molecule has 150 valence electrons. The molecule has 29 heavy (non-hydrogen) atoms. The van der Waals surface area contributed by atoms with Gasteiger partial charge in [0.1, 0.15) is 0 Å². The molecule has 0 fully saturated rings. The fourth-order valence-electron chi connectivity index (χ4n) is 2.33. The molecule has 0 amide bonds. The van der Waals surface area contributed by atoms with Crippen molar-refractivity contribution in [2.45, 2.75) is 38.7 Å². The zero-order valence-electron chi connectivity index (χ0n) is 18.1. The number of hydrogen-bond acceptors (Lipinski definition) is 9. The second-order valence-corrected chi connectivity index (χ2v) is 5.97. The normalized spacial score (nSPS) is 11.4. The molecular formula is C17H27Li3N2O7. The quantitative estimate of drug-likeness (QED) is 0.200. The zero-order valence-corrected chi connectivity index (χ0v) is 18.1. The van der Waals surface area contributed by atoms with Crippen LogP contribution in [-0.2, 0) is 14.4 Å². The second-order valence-electron chi connectivity index (χ2n) is 5.97. The first-order valence-corrected chi connectivity index (χ1v) is 8.58. The fourth-order valence-corrected chi connectivity index (χ4v) is 2.33. The van der Waals surface area contributed by atoms with Gasteiger partial charge in [0.15, 0.2) is 0 Å². The van der Waals surface area contributed by atoms with E-state index in [1.54, 1.807) is 22.0 Å². The number of aliphatic hydroxyl groups excluding tert-OH is 1. The number of aliphatic carboxylic acids is 3. The van der Waals surface area contributed by atoms with Crippen molar-refractivity contribution in [1.82, 2.24) is 9.80 Å². The SMILES string of the molecule is C/C=C/CC(O)CN(CCC(=O)[O-])CCN(CCC(=O)[O-])CCC(=O)[O-].[Li+].[Li+].[Li+]. The molecule has 0 aromatic heterocycles. The summed E-state index contributed by atoms with van der Waals surface area (Å²) in [7, 11) is 0. The van der Waals surface area contributed by atoms with Crippen molar-refractivity contribution in [2.75, 3.05) is 39.3 Å². The van der Waals surface area contributed by atoms with Crippen LogP contribution in [-0.4, -0.2) is 78.2 Å². The van der Waals surface area contributed by atoms with Crippen LogP contribution in [0.5, 0.6) is 0 Å². The molecule has 0 radical (unpaired) electrons. The first kappa shape index (κ1) is 36.2. The van der Waals surface area contributed by atoms with Gasteiger partial charge in [0, 0.05) is 57.2 Å². The van der Waals surface area contributed by atoms with Gasteiger partial charge in [0.05, 0.1) is 6.10 Å². The Labute approximate surface area is 208 Å². The van der Waals surface area contributed by atoms with E-state index in [4.69, 9.17) is 0 Å². The van der Waals surface area contributed by atoms with Gasteiger partial charge in [0.2, 0.25) is 0 Å². The van der Waals surface area contributed by atoms with E-state index in [1.165, 1.54) is 0 Å². The van der Waals surface area contributed by atoms with E-state index < -0.39 is 24.0 Å². The molecule has 0 aromatic carbocycles. The van der Waals surface area contributed by atoms with Crippen LogP contribution in [0.1, 0.15) is 32.6 Å². The predicted molar refractivity (Wildman–Crippen MR) is 87.2 cm³/mol. The number of allylic oxidation sites excluding steroid dienone is 1. The first-order chi connectivity index (χ1) is 12.2. The van der Waals surface area contributed by atoms with E-state index in [2.05, 4.69) is 0 Å². The van der Waals surface area contributed by atoms with Gasteiger partial charge in [0.25, 0.3) is 0 Å². The van der Waals surface area contributed by atoms with Crippen molar-refractivity contribution in [3.63, 3.8) is 0 Å². The molecule has 0 aromatic rings. The number of carbonyl (C=O) groups excluding carboxylic acids is 3. The van der Waals surface area contributed by atoms with Crippen molar-refractivity contribution in [2.24, 2.45) is 0 Å². The summed E-state index contributed by atoms with van der Waals surface area (Å²) in [5.74, 6) is -3.68. The monoisotopic (exact) mass is 392 g/mol. The molecule has 1 N–H and O–H groups in total. The van der Waals surface area contributed by atoms with Gasteiger partial charge in [-0.25, -0.2) is 0 Å². The molecule has 1 unspecified atom stereocenters. The summed E-state index contributed by atoms with van der Waals surface area (Å²) in [6, 6.07) is 0. The van der Waals surface area contributed by atoms with Gasteiger partial charge >= 0.3 is 56.6 Å².